The fourth-order valence-corrected chi connectivity index (χ4v) is 3.28. The third-order valence-corrected chi connectivity index (χ3v) is 4.69. The first kappa shape index (κ1) is 20.0. The van der Waals surface area contributed by atoms with Gasteiger partial charge >= 0.3 is 0 Å². The van der Waals surface area contributed by atoms with E-state index in [2.05, 4.69) is 27.5 Å². The number of hydrogen-bond acceptors (Lipinski definition) is 4. The molecule has 0 aliphatic carbocycles. The molecule has 2 atom stereocenters. The molecule has 1 saturated heterocycles. The molecule has 23 heavy (non-hydrogen) atoms. The minimum Gasteiger partial charge on any atom is -0.357 e. The molecule has 1 amide bonds. The van der Waals surface area contributed by atoms with Gasteiger partial charge in [0, 0.05) is 29.2 Å². The van der Waals surface area contributed by atoms with Crippen LogP contribution in [-0.2, 0) is 0 Å². The summed E-state index contributed by atoms with van der Waals surface area (Å²) in [4.78, 5) is 19.8. The molecule has 0 bridgehead atoms. The normalized spacial score (nSPS) is 20.3. The van der Waals surface area contributed by atoms with E-state index in [0.29, 0.717) is 11.7 Å². The Morgan fingerprint density at radius 2 is 2.22 bits per heavy atom. The first-order valence-electron chi connectivity index (χ1n) is 7.28. The number of thiazole rings is 1. The van der Waals surface area contributed by atoms with E-state index in [4.69, 9.17) is 0 Å². The van der Waals surface area contributed by atoms with Crippen LogP contribution in [0, 0.1) is 6.92 Å². The highest BCUT2D eigenvalue weighted by Crippen LogP contribution is 2.22. The van der Waals surface area contributed by atoms with Crippen LogP contribution in [-0.4, -0.2) is 34.5 Å². The predicted octanol–water partition coefficient (Wildman–Crippen LogP) is 3.16. The summed E-state index contributed by atoms with van der Waals surface area (Å²) in [6.45, 7) is 5.12. The Hall–Kier alpha value is -1.08. The van der Waals surface area contributed by atoms with E-state index in [1.165, 1.54) is 0 Å². The number of aromatic nitrogens is 2. The SMILES string of the molecule is Cc1nc(-c2c[nH]c(C(=O)NC3CCCNC3C)c2)cs1.Cl.Cl. The maximum atomic E-state index is 12.3. The molecule has 1 aliphatic heterocycles. The zero-order chi connectivity index (χ0) is 14.8. The lowest BCUT2D eigenvalue weighted by atomic mass is 10.00. The second-order valence-corrected chi connectivity index (χ2v) is 6.58. The van der Waals surface area contributed by atoms with E-state index >= 15 is 0 Å². The summed E-state index contributed by atoms with van der Waals surface area (Å²) in [7, 11) is 0. The van der Waals surface area contributed by atoms with Gasteiger partial charge in [0.25, 0.3) is 5.91 Å². The zero-order valence-electron chi connectivity index (χ0n) is 13.1. The monoisotopic (exact) mass is 376 g/mol. The average molecular weight is 377 g/mol. The Balaban J connectivity index is 0.00000132. The lowest BCUT2D eigenvalue weighted by Crippen LogP contribution is -2.51. The van der Waals surface area contributed by atoms with E-state index in [1.807, 2.05) is 24.6 Å². The van der Waals surface area contributed by atoms with Crippen LogP contribution in [0.1, 0.15) is 35.3 Å². The summed E-state index contributed by atoms with van der Waals surface area (Å²) in [5.74, 6) is -0.0475. The number of piperidine rings is 1. The lowest BCUT2D eigenvalue weighted by Gasteiger charge is -2.30. The molecule has 1 fully saturated rings. The van der Waals surface area contributed by atoms with Gasteiger partial charge in [-0.3, -0.25) is 4.79 Å². The lowest BCUT2D eigenvalue weighted by molar-refractivity contribution is 0.0915. The Morgan fingerprint density at radius 3 is 2.87 bits per heavy atom. The second kappa shape index (κ2) is 8.68. The third kappa shape index (κ3) is 4.70. The second-order valence-electron chi connectivity index (χ2n) is 5.52. The van der Waals surface area contributed by atoms with Crippen LogP contribution >= 0.6 is 36.2 Å². The van der Waals surface area contributed by atoms with Crippen molar-refractivity contribution in [3.8, 4) is 11.3 Å². The van der Waals surface area contributed by atoms with E-state index in [0.717, 1.165) is 35.7 Å². The van der Waals surface area contributed by atoms with Gasteiger partial charge in [0.1, 0.15) is 5.69 Å². The highest BCUT2D eigenvalue weighted by atomic mass is 35.5. The molecule has 2 unspecified atom stereocenters. The molecule has 2 aromatic rings. The minimum absolute atomic E-state index is 0. The van der Waals surface area contributed by atoms with Gasteiger partial charge in [-0.25, -0.2) is 4.98 Å². The number of carbonyl (C=O) groups excluding carboxylic acids is 1. The molecule has 5 nitrogen and oxygen atoms in total. The summed E-state index contributed by atoms with van der Waals surface area (Å²) >= 11 is 1.61. The maximum Gasteiger partial charge on any atom is 0.267 e. The van der Waals surface area contributed by atoms with Crippen molar-refractivity contribution in [3.05, 3.63) is 28.3 Å². The van der Waals surface area contributed by atoms with Crippen molar-refractivity contribution in [2.24, 2.45) is 0 Å². The third-order valence-electron chi connectivity index (χ3n) is 3.92. The molecule has 0 saturated carbocycles. The molecule has 0 aromatic carbocycles. The molecule has 0 radical (unpaired) electrons. The molecule has 3 rings (SSSR count). The first-order valence-corrected chi connectivity index (χ1v) is 8.16. The van der Waals surface area contributed by atoms with Crippen molar-refractivity contribution < 1.29 is 4.79 Å². The molecule has 1 aliphatic rings. The number of halogens is 2. The smallest absolute Gasteiger partial charge is 0.267 e. The summed E-state index contributed by atoms with van der Waals surface area (Å²) in [6.07, 6.45) is 3.97. The molecule has 128 valence electrons. The van der Waals surface area contributed by atoms with Gasteiger partial charge in [0.05, 0.1) is 10.7 Å². The summed E-state index contributed by atoms with van der Waals surface area (Å²) in [6, 6.07) is 2.38. The summed E-state index contributed by atoms with van der Waals surface area (Å²) in [5, 5.41) is 9.53. The van der Waals surface area contributed by atoms with Gasteiger partial charge in [0.2, 0.25) is 0 Å². The average Bonchev–Trinajstić information content (AvgIpc) is 3.10. The van der Waals surface area contributed by atoms with Gasteiger partial charge in [-0.2, -0.15) is 0 Å². The highest BCUT2D eigenvalue weighted by molar-refractivity contribution is 7.09. The van der Waals surface area contributed by atoms with Crippen LogP contribution in [0.25, 0.3) is 11.3 Å². The molecule has 2 aromatic heterocycles. The molecular weight excluding hydrogens is 355 g/mol. The van der Waals surface area contributed by atoms with Crippen molar-refractivity contribution in [3.63, 3.8) is 0 Å². The topological polar surface area (TPSA) is 69.8 Å². The van der Waals surface area contributed by atoms with E-state index < -0.39 is 0 Å². The molecule has 3 heterocycles. The fraction of sp³-hybridized carbons (Fsp3) is 0.467. The number of H-pyrrole nitrogens is 1. The number of aromatic amines is 1. The zero-order valence-corrected chi connectivity index (χ0v) is 15.5. The molecule has 3 N–H and O–H groups in total. The van der Waals surface area contributed by atoms with Crippen LogP contribution in [0.15, 0.2) is 17.6 Å². The Bertz CT molecular complexity index is 643. The first-order chi connectivity index (χ1) is 10.1. The van der Waals surface area contributed by atoms with Crippen LogP contribution in [0.3, 0.4) is 0 Å². The molecule has 0 spiro atoms. The number of amides is 1. The van der Waals surface area contributed by atoms with Crippen LogP contribution < -0.4 is 10.6 Å². The van der Waals surface area contributed by atoms with Crippen molar-refractivity contribution in [1.82, 2.24) is 20.6 Å². The van der Waals surface area contributed by atoms with Gasteiger partial charge in [-0.15, -0.1) is 36.2 Å². The number of nitrogens with one attached hydrogen (secondary N) is 3. The van der Waals surface area contributed by atoms with Crippen LogP contribution in [0.5, 0.6) is 0 Å². The van der Waals surface area contributed by atoms with E-state index in [9.17, 15) is 4.79 Å². The van der Waals surface area contributed by atoms with Crippen molar-refractivity contribution >= 4 is 42.1 Å². The maximum absolute atomic E-state index is 12.3. The van der Waals surface area contributed by atoms with Gasteiger partial charge in [0.15, 0.2) is 0 Å². The fourth-order valence-electron chi connectivity index (χ4n) is 2.66. The van der Waals surface area contributed by atoms with Gasteiger partial charge in [-0.1, -0.05) is 0 Å². The number of aryl methyl sites for hydroxylation is 1. The van der Waals surface area contributed by atoms with Gasteiger partial charge < -0.3 is 15.6 Å². The van der Waals surface area contributed by atoms with Crippen molar-refractivity contribution in [2.75, 3.05) is 6.54 Å². The van der Waals surface area contributed by atoms with E-state index in [1.54, 1.807) is 11.3 Å². The predicted molar refractivity (Wildman–Crippen MR) is 99.1 cm³/mol. The molecule has 8 heteroatoms. The Kier molecular flexibility index (Phi) is 7.54. The van der Waals surface area contributed by atoms with Crippen molar-refractivity contribution in [1.29, 1.82) is 0 Å². The Labute approximate surface area is 152 Å². The minimum atomic E-state index is -0.0475. The quantitative estimate of drug-likeness (QED) is 0.770. The van der Waals surface area contributed by atoms with Crippen LogP contribution in [0.4, 0.5) is 0 Å². The standard InChI is InChI=1S/C15H20N4OS.2ClH/c1-9-12(4-3-5-16-9)19-15(20)13-6-11(7-17-13)14-8-21-10(2)18-14;;/h6-9,12,16-17H,3-5H2,1-2H3,(H,19,20);2*1H. The largest absolute Gasteiger partial charge is 0.357 e. The van der Waals surface area contributed by atoms with Gasteiger partial charge in [-0.05, 0) is 39.3 Å². The van der Waals surface area contributed by atoms with E-state index in [-0.39, 0.29) is 36.8 Å². The summed E-state index contributed by atoms with van der Waals surface area (Å²) < 4.78 is 0. The summed E-state index contributed by atoms with van der Waals surface area (Å²) in [5.41, 5.74) is 2.47. The van der Waals surface area contributed by atoms with Crippen molar-refractivity contribution in [2.45, 2.75) is 38.8 Å². The number of hydrogen-bond donors (Lipinski definition) is 3. The Morgan fingerprint density at radius 1 is 1.43 bits per heavy atom. The van der Waals surface area contributed by atoms with Crippen LogP contribution in [0.2, 0.25) is 0 Å². The number of nitrogens with zero attached hydrogens (tertiary/aromatic N) is 1. The number of rotatable bonds is 3. The molecular formula is C15H22Cl2N4OS. The number of carbonyl (C=O) groups is 1. The highest BCUT2D eigenvalue weighted by Gasteiger charge is 2.23.